The monoisotopic (exact) mass is 918 g/mol. The predicted octanol–water partition coefficient (Wildman–Crippen LogP) is 12.5. The second-order valence-electron chi connectivity index (χ2n) is 19.1. The highest BCUT2D eigenvalue weighted by molar-refractivity contribution is 5.76. The van der Waals surface area contributed by atoms with Gasteiger partial charge in [0.2, 0.25) is 5.91 Å². The van der Waals surface area contributed by atoms with Gasteiger partial charge >= 0.3 is 0 Å². The van der Waals surface area contributed by atoms with Crippen LogP contribution in [0.15, 0.2) is 0 Å². The van der Waals surface area contributed by atoms with E-state index in [4.69, 9.17) is 14.6 Å². The van der Waals surface area contributed by atoms with Gasteiger partial charge in [-0.1, -0.05) is 246 Å². The fraction of sp³-hybridized carbons (Fsp3) is 0.981. The first kappa shape index (κ1) is 65.2. The molecule has 1 amide bonds. The molecule has 1 aliphatic rings. The summed E-state index contributed by atoms with van der Waals surface area (Å²) in [5.74, 6) is -0.00261. The Morgan fingerprint density at radius 3 is 1.16 bits per heavy atom. The minimum Gasteiger partial charge on any atom is -0.394 e. The summed E-state index contributed by atoms with van der Waals surface area (Å²) < 4.78 is 10.0. The predicted molar refractivity (Wildman–Crippen MR) is 269 cm³/mol. The van der Waals surface area contributed by atoms with Gasteiger partial charge in [0.25, 0.3) is 0 Å². The summed E-state index contributed by atoms with van der Waals surface area (Å²) in [5, 5.41) is 60.6. The molecule has 0 bridgehead atoms. The molecule has 7 N–H and O–H groups in total. The standard InChI is InChI=1S/C34H69NO3.C12H26.C8H16O6/c1-4-6-8-10-12-14-16-18-20-22-24-26-28-30-33(37)35-31(3)34(38)32(36)29-27-25-23-21-19-17-15-13-11-9-7-5-2;1-3-5-7-9-11-12-10-8-6-4-2;1-2-13-8-7(12)6(11)5(10)4(3-9)14-8/h31-32,34,36,38H,4-30H2,1-3H3,(H,35,37);3-12H2,1-2H3;4-12H,2-3H2,1H3/t31-,32+,34-;;/m0../s1. The first-order valence-electron chi connectivity index (χ1n) is 27.6. The zero-order chi connectivity index (χ0) is 47.9. The Balaban J connectivity index is 0. The molecule has 64 heavy (non-hydrogen) atoms. The molecule has 0 aromatic rings. The molecule has 5 unspecified atom stereocenters. The summed E-state index contributed by atoms with van der Waals surface area (Å²) in [5.41, 5.74) is 0. The number of aliphatic hydroxyl groups is 6. The topological polar surface area (TPSA) is 169 Å². The molecule has 0 spiro atoms. The quantitative estimate of drug-likeness (QED) is 0.0295. The smallest absolute Gasteiger partial charge is 0.220 e. The van der Waals surface area contributed by atoms with Crippen molar-refractivity contribution in [2.75, 3.05) is 13.2 Å². The maximum Gasteiger partial charge on any atom is 0.220 e. The van der Waals surface area contributed by atoms with Gasteiger partial charge in [0.05, 0.1) is 24.9 Å². The first-order chi connectivity index (χ1) is 31.1. The van der Waals surface area contributed by atoms with Gasteiger partial charge in [-0.15, -0.1) is 0 Å². The van der Waals surface area contributed by atoms with Crippen LogP contribution in [-0.2, 0) is 14.3 Å². The van der Waals surface area contributed by atoms with E-state index < -0.39 is 55.6 Å². The molecule has 8 atom stereocenters. The number of ether oxygens (including phenoxy) is 2. The number of hydrogen-bond acceptors (Lipinski definition) is 9. The Morgan fingerprint density at radius 1 is 0.500 bits per heavy atom. The zero-order valence-electron chi connectivity index (χ0n) is 43.1. The summed E-state index contributed by atoms with van der Waals surface area (Å²) in [6.45, 7) is 12.5. The maximum atomic E-state index is 12.3. The fourth-order valence-corrected chi connectivity index (χ4v) is 8.34. The highest BCUT2D eigenvalue weighted by Crippen LogP contribution is 2.22. The zero-order valence-corrected chi connectivity index (χ0v) is 43.1. The lowest BCUT2D eigenvalue weighted by atomic mass is 9.99. The van der Waals surface area contributed by atoms with Crippen LogP contribution >= 0.6 is 0 Å². The number of carbonyl (C=O) groups is 1. The highest BCUT2D eigenvalue weighted by atomic mass is 16.7. The third-order valence-corrected chi connectivity index (χ3v) is 12.8. The van der Waals surface area contributed by atoms with E-state index in [0.717, 1.165) is 25.7 Å². The number of aliphatic hydroxyl groups excluding tert-OH is 6. The molecule has 386 valence electrons. The van der Waals surface area contributed by atoms with Crippen LogP contribution in [0.3, 0.4) is 0 Å². The largest absolute Gasteiger partial charge is 0.394 e. The van der Waals surface area contributed by atoms with Gasteiger partial charge in [-0.25, -0.2) is 0 Å². The second-order valence-corrected chi connectivity index (χ2v) is 19.1. The third kappa shape index (κ3) is 40.2. The summed E-state index contributed by atoms with van der Waals surface area (Å²) >= 11 is 0. The van der Waals surface area contributed by atoms with Gasteiger partial charge in [0.1, 0.15) is 24.4 Å². The van der Waals surface area contributed by atoms with Crippen molar-refractivity contribution in [2.45, 2.75) is 328 Å². The van der Waals surface area contributed by atoms with Gasteiger partial charge in [0, 0.05) is 13.0 Å². The van der Waals surface area contributed by atoms with Gasteiger partial charge in [-0.05, 0) is 26.7 Å². The van der Waals surface area contributed by atoms with Gasteiger partial charge in [-0.2, -0.15) is 0 Å². The van der Waals surface area contributed by atoms with Crippen LogP contribution in [0.2, 0.25) is 0 Å². The molecule has 0 radical (unpaired) electrons. The summed E-state index contributed by atoms with van der Waals surface area (Å²) in [6, 6.07) is -0.406. The molecule has 0 aromatic heterocycles. The van der Waals surface area contributed by atoms with Crippen molar-refractivity contribution in [3.63, 3.8) is 0 Å². The molecule has 10 heteroatoms. The molecule has 1 aliphatic heterocycles. The first-order valence-corrected chi connectivity index (χ1v) is 27.6. The maximum absolute atomic E-state index is 12.3. The van der Waals surface area contributed by atoms with E-state index in [0.29, 0.717) is 19.4 Å². The van der Waals surface area contributed by atoms with Crippen LogP contribution in [0.1, 0.15) is 279 Å². The number of hydrogen-bond donors (Lipinski definition) is 7. The third-order valence-electron chi connectivity index (χ3n) is 12.8. The van der Waals surface area contributed by atoms with Crippen LogP contribution in [0.5, 0.6) is 0 Å². The van der Waals surface area contributed by atoms with Crippen LogP contribution < -0.4 is 5.32 Å². The SMILES string of the molecule is CCCCCCCCCCCC.CCCCCCCCCCCCCCCC(=O)N[C@@H](C)[C@H](O)[C@H](O)CCCCCCCCCCCCCC.CCOC1OC(CO)C(O)C(O)C1O. The Labute approximate surface area is 396 Å². The van der Waals surface area contributed by atoms with Gasteiger partial charge in [0.15, 0.2) is 6.29 Å². The summed E-state index contributed by atoms with van der Waals surface area (Å²) in [4.78, 5) is 12.3. The van der Waals surface area contributed by atoms with Crippen molar-refractivity contribution in [1.29, 1.82) is 0 Å². The normalized spacial score (nSPS) is 19.8. The van der Waals surface area contributed by atoms with Gasteiger partial charge < -0.3 is 45.4 Å². The molecule has 1 heterocycles. The second kappa shape index (κ2) is 50.0. The lowest BCUT2D eigenvalue weighted by Gasteiger charge is -2.39. The molecule has 1 rings (SSSR count). The Hall–Kier alpha value is -0.850. The van der Waals surface area contributed by atoms with E-state index in [1.54, 1.807) is 13.8 Å². The number of nitrogens with one attached hydrogen (secondary N) is 1. The number of carbonyl (C=O) groups excluding carboxylic acids is 1. The van der Waals surface area contributed by atoms with Crippen molar-refractivity contribution in [3.8, 4) is 0 Å². The van der Waals surface area contributed by atoms with E-state index in [9.17, 15) is 30.3 Å². The molecule has 0 saturated carbocycles. The number of rotatable bonds is 42. The molecular formula is C54H111NO9. The van der Waals surface area contributed by atoms with E-state index >= 15 is 0 Å². The fourth-order valence-electron chi connectivity index (χ4n) is 8.34. The van der Waals surface area contributed by atoms with Crippen molar-refractivity contribution in [3.05, 3.63) is 0 Å². The lowest BCUT2D eigenvalue weighted by Crippen LogP contribution is -2.59. The van der Waals surface area contributed by atoms with Crippen molar-refractivity contribution < 1.29 is 44.9 Å². The van der Waals surface area contributed by atoms with E-state index in [2.05, 4.69) is 33.0 Å². The number of amides is 1. The average Bonchev–Trinajstić information content (AvgIpc) is 3.29. The molecule has 0 aromatic carbocycles. The molecule has 10 nitrogen and oxygen atoms in total. The molecule has 0 aliphatic carbocycles. The summed E-state index contributed by atoms with van der Waals surface area (Å²) in [7, 11) is 0. The van der Waals surface area contributed by atoms with Crippen LogP contribution in [0.25, 0.3) is 0 Å². The van der Waals surface area contributed by atoms with Crippen LogP contribution in [0.4, 0.5) is 0 Å². The van der Waals surface area contributed by atoms with Crippen LogP contribution in [0, 0.1) is 0 Å². The Kier molecular flexibility index (Phi) is 51.0. The minimum atomic E-state index is -1.36. The molecule has 1 saturated heterocycles. The van der Waals surface area contributed by atoms with Gasteiger partial charge in [-0.3, -0.25) is 4.79 Å². The minimum absolute atomic E-state index is 0.00261. The lowest BCUT2D eigenvalue weighted by molar-refractivity contribution is -0.300. The van der Waals surface area contributed by atoms with E-state index in [1.165, 1.54) is 199 Å². The van der Waals surface area contributed by atoms with E-state index in [1.807, 2.05) is 0 Å². The van der Waals surface area contributed by atoms with E-state index in [-0.39, 0.29) is 5.91 Å². The Bertz CT molecular complexity index is 915. The summed E-state index contributed by atoms with van der Waals surface area (Å²) in [6.07, 6.45) is 40.3. The number of unbranched alkanes of at least 4 members (excludes halogenated alkanes) is 32. The highest BCUT2D eigenvalue weighted by Gasteiger charge is 2.43. The average molecular weight is 918 g/mol. The van der Waals surface area contributed by atoms with Crippen LogP contribution in [-0.4, -0.2) is 98.7 Å². The van der Waals surface area contributed by atoms with Crippen molar-refractivity contribution in [2.24, 2.45) is 0 Å². The Morgan fingerprint density at radius 2 is 0.828 bits per heavy atom. The van der Waals surface area contributed by atoms with Crippen molar-refractivity contribution >= 4 is 5.91 Å². The van der Waals surface area contributed by atoms with Crippen molar-refractivity contribution in [1.82, 2.24) is 5.32 Å². The molecule has 1 fully saturated rings. The molecular weight excluding hydrogens is 807 g/mol.